The van der Waals surface area contributed by atoms with Crippen LogP contribution in [0.5, 0.6) is 0 Å². The average Bonchev–Trinajstić information content (AvgIpc) is 2.60. The third-order valence-electron chi connectivity index (χ3n) is 4.30. The molecule has 0 atom stereocenters. The van der Waals surface area contributed by atoms with Crippen molar-refractivity contribution >= 4 is 9.84 Å². The van der Waals surface area contributed by atoms with Crippen molar-refractivity contribution in [3.63, 3.8) is 0 Å². The summed E-state index contributed by atoms with van der Waals surface area (Å²) in [5, 5.41) is 3.37. The van der Waals surface area contributed by atoms with E-state index in [0.29, 0.717) is 10.8 Å². The fraction of sp³-hybridized carbons (Fsp3) is 0.429. The maximum absolute atomic E-state index is 12.6. The molecule has 0 saturated heterocycles. The lowest BCUT2D eigenvalue weighted by atomic mass is 10.0. The molecule has 0 aliphatic heterocycles. The minimum absolute atomic E-state index is 0.0440. The first-order valence-electron chi connectivity index (χ1n) is 9.03. The zero-order chi connectivity index (χ0) is 18.3. The summed E-state index contributed by atoms with van der Waals surface area (Å²) in [4.78, 5) is 0.393. The van der Waals surface area contributed by atoms with Crippen LogP contribution in [0.3, 0.4) is 0 Å². The molecular formula is C21H29NO2S. The molecule has 0 unspecified atom stereocenters. The Bertz CT molecular complexity index is 747. The minimum atomic E-state index is -3.31. The van der Waals surface area contributed by atoms with E-state index in [1.807, 2.05) is 36.4 Å². The molecule has 0 heterocycles. The molecule has 3 nitrogen and oxygen atoms in total. The van der Waals surface area contributed by atoms with Crippen LogP contribution < -0.4 is 5.32 Å². The first-order chi connectivity index (χ1) is 11.9. The predicted octanol–water partition coefficient (Wildman–Crippen LogP) is 4.33. The second-order valence-corrected chi connectivity index (χ2v) is 8.79. The van der Waals surface area contributed by atoms with E-state index >= 15 is 0 Å². The molecule has 0 saturated carbocycles. The molecule has 0 aliphatic carbocycles. The van der Waals surface area contributed by atoms with Crippen molar-refractivity contribution in [2.75, 3.05) is 13.1 Å². The molecule has 4 heteroatoms. The highest BCUT2D eigenvalue weighted by atomic mass is 32.2. The van der Waals surface area contributed by atoms with Gasteiger partial charge in [0.1, 0.15) is 0 Å². The van der Waals surface area contributed by atoms with E-state index < -0.39 is 9.84 Å². The lowest BCUT2D eigenvalue weighted by Gasteiger charge is -2.09. The molecule has 25 heavy (non-hydrogen) atoms. The van der Waals surface area contributed by atoms with Gasteiger partial charge in [-0.05, 0) is 60.7 Å². The van der Waals surface area contributed by atoms with Gasteiger partial charge in [0, 0.05) is 0 Å². The van der Waals surface area contributed by atoms with Crippen LogP contribution in [-0.4, -0.2) is 21.5 Å². The van der Waals surface area contributed by atoms with Crippen LogP contribution in [0.2, 0.25) is 0 Å². The Kier molecular flexibility index (Phi) is 7.21. The van der Waals surface area contributed by atoms with E-state index in [0.717, 1.165) is 37.1 Å². The fourth-order valence-corrected chi connectivity index (χ4v) is 4.05. The molecule has 0 amide bonds. The largest absolute Gasteiger partial charge is 0.316 e. The van der Waals surface area contributed by atoms with Gasteiger partial charge in [-0.3, -0.25) is 0 Å². The van der Waals surface area contributed by atoms with Gasteiger partial charge in [-0.2, -0.15) is 0 Å². The summed E-state index contributed by atoms with van der Waals surface area (Å²) in [7, 11) is -3.31. The van der Waals surface area contributed by atoms with Gasteiger partial charge in [-0.25, -0.2) is 8.42 Å². The summed E-state index contributed by atoms with van der Waals surface area (Å²) in [5.74, 6) is 0.443. The summed E-state index contributed by atoms with van der Waals surface area (Å²) < 4.78 is 25.2. The lowest BCUT2D eigenvalue weighted by Crippen LogP contribution is -2.17. The Morgan fingerprint density at radius 2 is 1.48 bits per heavy atom. The SMILES string of the molecule is CCCNCCc1ccc(CS(=O)(=O)c2ccc(C(C)C)cc2)cc1. The van der Waals surface area contributed by atoms with E-state index in [2.05, 4.69) is 26.1 Å². The first-order valence-corrected chi connectivity index (χ1v) is 10.7. The maximum Gasteiger partial charge on any atom is 0.182 e. The van der Waals surface area contributed by atoms with Gasteiger partial charge in [0.05, 0.1) is 10.6 Å². The number of rotatable bonds is 9. The maximum atomic E-state index is 12.6. The molecule has 0 aliphatic rings. The number of hydrogen-bond acceptors (Lipinski definition) is 3. The van der Waals surface area contributed by atoms with Crippen LogP contribution in [0.4, 0.5) is 0 Å². The number of nitrogens with one attached hydrogen (secondary N) is 1. The number of hydrogen-bond donors (Lipinski definition) is 1. The summed E-state index contributed by atoms with van der Waals surface area (Å²) in [6.07, 6.45) is 2.10. The standard InChI is InChI=1S/C21H29NO2S/c1-4-14-22-15-13-18-5-7-19(8-6-18)16-25(23,24)21-11-9-20(10-12-21)17(2)3/h5-12,17,22H,4,13-16H2,1-3H3. The summed E-state index contributed by atoms with van der Waals surface area (Å²) in [6, 6.07) is 15.2. The quantitative estimate of drug-likeness (QED) is 0.678. The van der Waals surface area contributed by atoms with Crippen molar-refractivity contribution in [3.8, 4) is 0 Å². The number of sulfone groups is 1. The highest BCUT2D eigenvalue weighted by Gasteiger charge is 2.15. The van der Waals surface area contributed by atoms with E-state index in [-0.39, 0.29) is 5.75 Å². The van der Waals surface area contributed by atoms with E-state index in [9.17, 15) is 8.42 Å². The van der Waals surface area contributed by atoms with Gasteiger partial charge in [-0.15, -0.1) is 0 Å². The van der Waals surface area contributed by atoms with Gasteiger partial charge in [0.25, 0.3) is 0 Å². The van der Waals surface area contributed by atoms with Crippen LogP contribution >= 0.6 is 0 Å². The van der Waals surface area contributed by atoms with Crippen LogP contribution in [0.15, 0.2) is 53.4 Å². The van der Waals surface area contributed by atoms with Crippen molar-refractivity contribution in [2.45, 2.75) is 50.2 Å². The summed E-state index contributed by atoms with van der Waals surface area (Å²) >= 11 is 0. The highest BCUT2D eigenvalue weighted by molar-refractivity contribution is 7.90. The van der Waals surface area contributed by atoms with E-state index in [4.69, 9.17) is 0 Å². The molecule has 1 N–H and O–H groups in total. The van der Waals surface area contributed by atoms with Crippen molar-refractivity contribution in [2.24, 2.45) is 0 Å². The monoisotopic (exact) mass is 359 g/mol. The van der Waals surface area contributed by atoms with Crippen LogP contribution in [-0.2, 0) is 22.0 Å². The summed E-state index contributed by atoms with van der Waals surface area (Å²) in [6.45, 7) is 8.34. The zero-order valence-electron chi connectivity index (χ0n) is 15.5. The highest BCUT2D eigenvalue weighted by Crippen LogP contribution is 2.20. The van der Waals surface area contributed by atoms with Crippen LogP contribution in [0.1, 0.15) is 49.8 Å². The van der Waals surface area contributed by atoms with Crippen molar-refractivity contribution in [1.82, 2.24) is 5.32 Å². The normalized spacial score (nSPS) is 11.8. The molecule has 2 rings (SSSR count). The van der Waals surface area contributed by atoms with Gasteiger partial charge in [0.2, 0.25) is 0 Å². The molecular weight excluding hydrogens is 330 g/mol. The predicted molar refractivity (Wildman–Crippen MR) is 105 cm³/mol. The Balaban J connectivity index is 2.00. The molecule has 2 aromatic carbocycles. The molecule has 2 aromatic rings. The van der Waals surface area contributed by atoms with Crippen molar-refractivity contribution < 1.29 is 8.42 Å². The van der Waals surface area contributed by atoms with Crippen LogP contribution in [0.25, 0.3) is 0 Å². The first kappa shape index (κ1) is 19.7. The summed E-state index contributed by atoms with van der Waals surface area (Å²) in [5.41, 5.74) is 3.21. The molecule has 0 bridgehead atoms. The van der Waals surface area contributed by atoms with Gasteiger partial charge in [-0.1, -0.05) is 57.2 Å². The minimum Gasteiger partial charge on any atom is -0.316 e. The Labute approximate surface area is 152 Å². The molecule has 0 aromatic heterocycles. The second-order valence-electron chi connectivity index (χ2n) is 6.80. The van der Waals surface area contributed by atoms with Gasteiger partial charge >= 0.3 is 0 Å². The smallest absolute Gasteiger partial charge is 0.182 e. The third kappa shape index (κ3) is 5.98. The molecule has 136 valence electrons. The fourth-order valence-electron chi connectivity index (χ4n) is 2.70. The van der Waals surface area contributed by atoms with Gasteiger partial charge < -0.3 is 5.32 Å². The topological polar surface area (TPSA) is 46.2 Å². The van der Waals surface area contributed by atoms with Crippen molar-refractivity contribution in [1.29, 1.82) is 0 Å². The van der Waals surface area contributed by atoms with Crippen molar-refractivity contribution in [3.05, 3.63) is 65.2 Å². The zero-order valence-corrected chi connectivity index (χ0v) is 16.3. The Morgan fingerprint density at radius 3 is 2.04 bits per heavy atom. The Morgan fingerprint density at radius 1 is 0.880 bits per heavy atom. The van der Waals surface area contributed by atoms with Gasteiger partial charge in [0.15, 0.2) is 9.84 Å². The van der Waals surface area contributed by atoms with E-state index in [1.54, 1.807) is 12.1 Å². The number of benzene rings is 2. The van der Waals surface area contributed by atoms with E-state index in [1.165, 1.54) is 5.56 Å². The molecule has 0 radical (unpaired) electrons. The molecule has 0 fully saturated rings. The second kappa shape index (κ2) is 9.16. The molecule has 0 spiro atoms. The average molecular weight is 360 g/mol. The third-order valence-corrected chi connectivity index (χ3v) is 6.01. The lowest BCUT2D eigenvalue weighted by molar-refractivity contribution is 0.595. The Hall–Kier alpha value is -1.65. The van der Waals surface area contributed by atoms with Crippen LogP contribution in [0, 0.1) is 0 Å².